The number of nitrogens with zero attached hydrogens (tertiary/aromatic N) is 1. The summed E-state index contributed by atoms with van der Waals surface area (Å²) in [5.74, 6) is -0.886. The Morgan fingerprint density at radius 3 is 2.63 bits per heavy atom. The number of rotatable bonds is 3. The molecule has 2 atom stereocenters. The van der Waals surface area contributed by atoms with Gasteiger partial charge < -0.3 is 15.3 Å². The summed E-state index contributed by atoms with van der Waals surface area (Å²) in [5, 5.41) is 12.1. The highest BCUT2D eigenvalue weighted by Gasteiger charge is 2.28. The molecule has 0 aliphatic carbocycles. The molecule has 0 bridgehead atoms. The number of amides is 1. The van der Waals surface area contributed by atoms with E-state index in [1.54, 1.807) is 17.0 Å². The second-order valence-electron chi connectivity index (χ2n) is 4.94. The second kappa shape index (κ2) is 5.84. The lowest BCUT2D eigenvalue weighted by Crippen LogP contribution is -2.57. The van der Waals surface area contributed by atoms with Crippen LogP contribution in [0.1, 0.15) is 23.7 Å². The zero-order chi connectivity index (χ0) is 13.8. The van der Waals surface area contributed by atoms with Gasteiger partial charge in [-0.3, -0.25) is 9.59 Å². The summed E-state index contributed by atoms with van der Waals surface area (Å²) in [6.07, 6.45) is 0.0307. The van der Waals surface area contributed by atoms with Crippen LogP contribution in [0.25, 0.3) is 0 Å². The van der Waals surface area contributed by atoms with Crippen molar-refractivity contribution in [2.75, 3.05) is 13.1 Å². The molecule has 1 saturated heterocycles. The van der Waals surface area contributed by atoms with Crippen LogP contribution in [0.2, 0.25) is 0 Å². The van der Waals surface area contributed by atoms with Gasteiger partial charge in [-0.2, -0.15) is 0 Å². The average molecular weight is 262 g/mol. The molecule has 1 aliphatic heterocycles. The first kappa shape index (κ1) is 13.5. The highest BCUT2D eigenvalue weighted by Crippen LogP contribution is 2.12. The minimum absolute atomic E-state index is 0.0307. The molecule has 1 fully saturated rings. The first-order valence-electron chi connectivity index (χ1n) is 6.38. The Bertz CT molecular complexity index is 461. The smallest absolute Gasteiger partial charge is 0.304 e. The molecule has 5 heteroatoms. The van der Waals surface area contributed by atoms with Crippen molar-refractivity contribution in [1.82, 2.24) is 10.2 Å². The maximum atomic E-state index is 12.3. The van der Waals surface area contributed by atoms with Gasteiger partial charge in [-0.25, -0.2) is 0 Å². The standard InChI is InChI=1S/C14H18N2O3/c1-10-8-16(9-12(15-10)7-13(17)18)14(19)11-5-3-2-4-6-11/h2-6,10,12,15H,7-9H2,1H3,(H,17,18)/t10-,12-/m0/s1. The number of benzene rings is 1. The number of carbonyl (C=O) groups excluding carboxylic acids is 1. The average Bonchev–Trinajstić information content (AvgIpc) is 2.37. The first-order chi connectivity index (χ1) is 9.06. The summed E-state index contributed by atoms with van der Waals surface area (Å²) in [5.41, 5.74) is 0.644. The predicted octanol–water partition coefficient (Wildman–Crippen LogP) is 0.964. The number of hydrogen-bond donors (Lipinski definition) is 2. The Morgan fingerprint density at radius 1 is 1.32 bits per heavy atom. The molecule has 5 nitrogen and oxygen atoms in total. The van der Waals surface area contributed by atoms with Crippen LogP contribution in [-0.4, -0.2) is 47.1 Å². The third-order valence-electron chi connectivity index (χ3n) is 3.18. The fraction of sp³-hybridized carbons (Fsp3) is 0.429. The van der Waals surface area contributed by atoms with Gasteiger partial charge in [0.05, 0.1) is 6.42 Å². The lowest BCUT2D eigenvalue weighted by atomic mass is 10.1. The van der Waals surface area contributed by atoms with Crippen molar-refractivity contribution in [2.45, 2.75) is 25.4 Å². The maximum absolute atomic E-state index is 12.3. The van der Waals surface area contributed by atoms with Gasteiger partial charge >= 0.3 is 5.97 Å². The quantitative estimate of drug-likeness (QED) is 0.851. The van der Waals surface area contributed by atoms with Gasteiger partial charge in [0.25, 0.3) is 5.91 Å². The minimum Gasteiger partial charge on any atom is -0.481 e. The van der Waals surface area contributed by atoms with Crippen molar-refractivity contribution in [3.05, 3.63) is 35.9 Å². The fourth-order valence-corrected chi connectivity index (χ4v) is 2.44. The SMILES string of the molecule is C[C@H]1CN(C(=O)c2ccccc2)C[C@H](CC(=O)O)N1. The molecule has 0 radical (unpaired) electrons. The van der Waals surface area contributed by atoms with E-state index in [0.717, 1.165) is 0 Å². The topological polar surface area (TPSA) is 69.6 Å². The summed E-state index contributed by atoms with van der Waals surface area (Å²) in [6.45, 7) is 2.99. The van der Waals surface area contributed by atoms with Crippen LogP contribution in [0.4, 0.5) is 0 Å². The molecule has 2 rings (SSSR count). The molecule has 1 heterocycles. The molecule has 2 N–H and O–H groups in total. The Hall–Kier alpha value is -1.88. The van der Waals surface area contributed by atoms with E-state index in [2.05, 4.69) is 5.32 Å². The summed E-state index contributed by atoms with van der Waals surface area (Å²) in [7, 11) is 0. The van der Waals surface area contributed by atoms with Gasteiger partial charge in [0.1, 0.15) is 0 Å². The van der Waals surface area contributed by atoms with E-state index in [4.69, 9.17) is 5.11 Å². The minimum atomic E-state index is -0.848. The monoisotopic (exact) mass is 262 g/mol. The number of carbonyl (C=O) groups is 2. The molecular formula is C14H18N2O3. The number of carboxylic acids is 1. The van der Waals surface area contributed by atoms with E-state index in [9.17, 15) is 9.59 Å². The normalized spacial score (nSPS) is 23.1. The van der Waals surface area contributed by atoms with E-state index in [0.29, 0.717) is 18.7 Å². The van der Waals surface area contributed by atoms with E-state index in [1.165, 1.54) is 0 Å². The largest absolute Gasteiger partial charge is 0.481 e. The zero-order valence-corrected chi connectivity index (χ0v) is 10.9. The molecule has 1 aliphatic rings. The van der Waals surface area contributed by atoms with Crippen LogP contribution in [0.3, 0.4) is 0 Å². The number of nitrogens with one attached hydrogen (secondary N) is 1. The van der Waals surface area contributed by atoms with E-state index in [1.807, 2.05) is 25.1 Å². The zero-order valence-electron chi connectivity index (χ0n) is 10.9. The van der Waals surface area contributed by atoms with Gasteiger partial charge in [-0.05, 0) is 19.1 Å². The summed E-state index contributed by atoms with van der Waals surface area (Å²) < 4.78 is 0. The van der Waals surface area contributed by atoms with Crippen molar-refractivity contribution < 1.29 is 14.7 Å². The van der Waals surface area contributed by atoms with E-state index < -0.39 is 5.97 Å². The molecule has 1 aromatic rings. The second-order valence-corrected chi connectivity index (χ2v) is 4.94. The third-order valence-corrected chi connectivity index (χ3v) is 3.18. The van der Waals surface area contributed by atoms with Crippen molar-refractivity contribution in [3.8, 4) is 0 Å². The van der Waals surface area contributed by atoms with Crippen molar-refractivity contribution in [2.24, 2.45) is 0 Å². The maximum Gasteiger partial charge on any atom is 0.304 e. The van der Waals surface area contributed by atoms with Gasteiger partial charge in [0.15, 0.2) is 0 Å². The Kier molecular flexibility index (Phi) is 4.16. The molecular weight excluding hydrogens is 244 g/mol. The number of piperazine rings is 1. The summed E-state index contributed by atoms with van der Waals surface area (Å²) >= 11 is 0. The third kappa shape index (κ3) is 3.54. The number of carboxylic acid groups (broad SMARTS) is 1. The fourth-order valence-electron chi connectivity index (χ4n) is 2.44. The number of aliphatic carboxylic acids is 1. The van der Waals surface area contributed by atoms with Crippen LogP contribution in [0.15, 0.2) is 30.3 Å². The van der Waals surface area contributed by atoms with Crippen LogP contribution in [-0.2, 0) is 4.79 Å². The van der Waals surface area contributed by atoms with Crippen LogP contribution >= 0.6 is 0 Å². The van der Waals surface area contributed by atoms with Crippen LogP contribution in [0, 0.1) is 0 Å². The summed E-state index contributed by atoms with van der Waals surface area (Å²) in [6, 6.07) is 8.99. The molecule has 19 heavy (non-hydrogen) atoms. The molecule has 1 amide bonds. The Balaban J connectivity index is 2.07. The molecule has 102 valence electrons. The molecule has 1 aromatic carbocycles. The Labute approximate surface area is 112 Å². The first-order valence-corrected chi connectivity index (χ1v) is 6.38. The highest BCUT2D eigenvalue weighted by molar-refractivity contribution is 5.94. The molecule has 0 spiro atoms. The van der Waals surface area contributed by atoms with Crippen LogP contribution in [0.5, 0.6) is 0 Å². The molecule has 0 unspecified atom stereocenters. The van der Waals surface area contributed by atoms with Crippen LogP contribution < -0.4 is 5.32 Å². The Morgan fingerprint density at radius 2 is 2.00 bits per heavy atom. The predicted molar refractivity (Wildman–Crippen MR) is 71.0 cm³/mol. The lowest BCUT2D eigenvalue weighted by Gasteiger charge is -2.37. The van der Waals surface area contributed by atoms with E-state index >= 15 is 0 Å². The van der Waals surface area contributed by atoms with Gasteiger partial charge in [-0.1, -0.05) is 18.2 Å². The van der Waals surface area contributed by atoms with Gasteiger partial charge in [0.2, 0.25) is 0 Å². The van der Waals surface area contributed by atoms with Crippen molar-refractivity contribution >= 4 is 11.9 Å². The van der Waals surface area contributed by atoms with E-state index in [-0.39, 0.29) is 24.4 Å². The van der Waals surface area contributed by atoms with Crippen molar-refractivity contribution in [1.29, 1.82) is 0 Å². The molecule has 0 saturated carbocycles. The van der Waals surface area contributed by atoms with Gasteiger partial charge in [-0.15, -0.1) is 0 Å². The lowest BCUT2D eigenvalue weighted by molar-refractivity contribution is -0.137. The van der Waals surface area contributed by atoms with Crippen molar-refractivity contribution in [3.63, 3.8) is 0 Å². The van der Waals surface area contributed by atoms with Gasteiger partial charge in [0, 0.05) is 30.7 Å². The number of hydrogen-bond acceptors (Lipinski definition) is 3. The highest BCUT2D eigenvalue weighted by atomic mass is 16.4. The molecule has 0 aromatic heterocycles. The summed E-state index contributed by atoms with van der Waals surface area (Å²) in [4.78, 5) is 24.8.